The summed E-state index contributed by atoms with van der Waals surface area (Å²) in [6.07, 6.45) is 1.36. The highest BCUT2D eigenvalue weighted by atomic mass is 35.5. The summed E-state index contributed by atoms with van der Waals surface area (Å²) in [5, 5.41) is 7.13. The van der Waals surface area contributed by atoms with E-state index in [9.17, 15) is 14.4 Å². The second kappa shape index (κ2) is 8.47. The van der Waals surface area contributed by atoms with Gasteiger partial charge in [0, 0.05) is 48.7 Å². The maximum absolute atomic E-state index is 13.0. The number of hydrogen-bond donors (Lipinski definition) is 1. The maximum atomic E-state index is 13.0. The van der Waals surface area contributed by atoms with Crippen LogP contribution < -0.4 is 10.2 Å². The zero-order valence-electron chi connectivity index (χ0n) is 16.6. The highest BCUT2D eigenvalue weighted by molar-refractivity contribution is 6.30. The third kappa shape index (κ3) is 4.33. The lowest BCUT2D eigenvalue weighted by atomic mass is 9.94. The van der Waals surface area contributed by atoms with Gasteiger partial charge in [0.15, 0.2) is 5.82 Å². The Balaban J connectivity index is 1.30. The lowest BCUT2D eigenvalue weighted by molar-refractivity contribution is -0.138. The number of aryl methyl sites for hydroxylation is 1. The molecule has 2 fully saturated rings. The molecule has 0 bridgehead atoms. The molecule has 0 radical (unpaired) electrons. The van der Waals surface area contributed by atoms with E-state index in [2.05, 4.69) is 10.5 Å². The number of hydrogen-bond acceptors (Lipinski definition) is 5. The van der Waals surface area contributed by atoms with Crippen LogP contribution in [0.5, 0.6) is 0 Å². The molecular weight excluding hydrogens is 408 g/mol. The molecule has 3 heterocycles. The number of piperidine rings is 1. The van der Waals surface area contributed by atoms with Crippen molar-refractivity contribution in [2.45, 2.75) is 26.2 Å². The molecule has 1 N–H and O–H groups in total. The molecule has 1 unspecified atom stereocenters. The first kappa shape index (κ1) is 20.4. The minimum atomic E-state index is -0.364. The van der Waals surface area contributed by atoms with Crippen molar-refractivity contribution in [3.63, 3.8) is 0 Å². The number of likely N-dealkylation sites (tertiary alicyclic amines) is 1. The van der Waals surface area contributed by atoms with Gasteiger partial charge in [0.2, 0.25) is 17.7 Å². The summed E-state index contributed by atoms with van der Waals surface area (Å²) < 4.78 is 4.96. The molecule has 0 spiro atoms. The van der Waals surface area contributed by atoms with Crippen molar-refractivity contribution >= 4 is 40.8 Å². The highest BCUT2D eigenvalue weighted by Crippen LogP contribution is 2.29. The van der Waals surface area contributed by atoms with E-state index in [1.807, 2.05) is 0 Å². The van der Waals surface area contributed by atoms with Crippen LogP contribution in [0.4, 0.5) is 11.5 Å². The molecule has 0 saturated carbocycles. The Hall–Kier alpha value is -2.87. The van der Waals surface area contributed by atoms with Gasteiger partial charge in [-0.15, -0.1) is 0 Å². The van der Waals surface area contributed by atoms with Crippen LogP contribution in [0.2, 0.25) is 5.02 Å². The van der Waals surface area contributed by atoms with Gasteiger partial charge >= 0.3 is 0 Å². The van der Waals surface area contributed by atoms with Crippen LogP contribution in [-0.4, -0.2) is 47.4 Å². The number of nitrogens with one attached hydrogen (secondary N) is 1. The zero-order chi connectivity index (χ0) is 21.3. The zero-order valence-corrected chi connectivity index (χ0v) is 17.4. The summed E-state index contributed by atoms with van der Waals surface area (Å²) in [4.78, 5) is 41.2. The molecule has 3 amide bonds. The Morgan fingerprint density at radius 1 is 1.17 bits per heavy atom. The Bertz CT molecular complexity index is 950. The van der Waals surface area contributed by atoms with Crippen LogP contribution in [0.25, 0.3) is 0 Å². The van der Waals surface area contributed by atoms with E-state index < -0.39 is 0 Å². The number of nitrogens with zero attached hydrogens (tertiary/aromatic N) is 3. The van der Waals surface area contributed by atoms with Gasteiger partial charge in [-0.25, -0.2) is 0 Å². The molecular formula is C21H23ClN4O4. The molecule has 8 nitrogen and oxygen atoms in total. The number of amides is 3. The predicted octanol–water partition coefficient (Wildman–Crippen LogP) is 2.87. The molecule has 2 aromatic rings. The number of carbonyl (C=O) groups is 3. The molecule has 0 aliphatic carbocycles. The highest BCUT2D eigenvalue weighted by Gasteiger charge is 2.38. The van der Waals surface area contributed by atoms with Crippen LogP contribution in [0, 0.1) is 18.8 Å². The summed E-state index contributed by atoms with van der Waals surface area (Å²) in [7, 11) is 0. The summed E-state index contributed by atoms with van der Waals surface area (Å²) >= 11 is 5.91. The summed E-state index contributed by atoms with van der Waals surface area (Å²) in [6, 6.07) is 8.70. The average Bonchev–Trinajstić information content (AvgIpc) is 3.33. The lowest BCUT2D eigenvalue weighted by Crippen LogP contribution is -2.44. The van der Waals surface area contributed by atoms with E-state index in [0.717, 1.165) is 5.69 Å². The molecule has 4 rings (SSSR count). The van der Waals surface area contributed by atoms with E-state index in [1.54, 1.807) is 47.1 Å². The van der Waals surface area contributed by atoms with E-state index in [0.29, 0.717) is 49.1 Å². The first-order chi connectivity index (χ1) is 14.4. The summed E-state index contributed by atoms with van der Waals surface area (Å²) in [5.41, 5.74) is 0.748. The molecule has 158 valence electrons. The third-order valence-corrected chi connectivity index (χ3v) is 5.92. The summed E-state index contributed by atoms with van der Waals surface area (Å²) in [5.74, 6) is 0.296. The molecule has 2 saturated heterocycles. The topological polar surface area (TPSA) is 95.8 Å². The Labute approximate surface area is 179 Å². The monoisotopic (exact) mass is 430 g/mol. The van der Waals surface area contributed by atoms with Gasteiger partial charge in [-0.3, -0.25) is 14.4 Å². The molecule has 1 aromatic carbocycles. The molecule has 30 heavy (non-hydrogen) atoms. The minimum absolute atomic E-state index is 0.0224. The fourth-order valence-corrected chi connectivity index (χ4v) is 4.14. The number of rotatable bonds is 4. The van der Waals surface area contributed by atoms with Gasteiger partial charge in [0.1, 0.15) is 5.76 Å². The molecule has 2 aliphatic rings. The second-order valence-electron chi connectivity index (χ2n) is 7.79. The standard InChI is InChI=1S/C21H23ClN4O4/c1-13-10-18(24-30-13)23-20(28)14-6-8-25(9-7-14)21(29)15-11-19(27)26(12-15)17-4-2-16(22)3-5-17/h2-5,10,14-15H,6-9,11-12H2,1H3,(H,23,24,28). The van der Waals surface area contributed by atoms with Gasteiger partial charge < -0.3 is 19.6 Å². The van der Waals surface area contributed by atoms with E-state index in [4.69, 9.17) is 16.1 Å². The maximum Gasteiger partial charge on any atom is 0.228 e. The van der Waals surface area contributed by atoms with Crippen molar-refractivity contribution < 1.29 is 18.9 Å². The minimum Gasteiger partial charge on any atom is -0.360 e. The number of halogens is 1. The van der Waals surface area contributed by atoms with E-state index in [-0.39, 0.29) is 36.0 Å². The summed E-state index contributed by atoms with van der Waals surface area (Å²) in [6.45, 7) is 3.13. The Morgan fingerprint density at radius 2 is 1.87 bits per heavy atom. The van der Waals surface area contributed by atoms with Gasteiger partial charge in [0.05, 0.1) is 5.92 Å². The van der Waals surface area contributed by atoms with E-state index in [1.165, 1.54) is 0 Å². The van der Waals surface area contributed by atoms with Gasteiger partial charge in [0.25, 0.3) is 0 Å². The molecule has 1 atom stereocenters. The largest absolute Gasteiger partial charge is 0.360 e. The first-order valence-electron chi connectivity index (χ1n) is 9.99. The van der Waals surface area contributed by atoms with Crippen molar-refractivity contribution in [2.24, 2.45) is 11.8 Å². The van der Waals surface area contributed by atoms with Crippen molar-refractivity contribution in [2.75, 3.05) is 29.9 Å². The number of anilines is 2. The fourth-order valence-electron chi connectivity index (χ4n) is 4.02. The van der Waals surface area contributed by atoms with Crippen LogP contribution in [0.1, 0.15) is 25.0 Å². The molecule has 1 aromatic heterocycles. The van der Waals surface area contributed by atoms with Gasteiger partial charge in [-0.2, -0.15) is 0 Å². The van der Waals surface area contributed by atoms with Crippen molar-refractivity contribution in [1.29, 1.82) is 0 Å². The Morgan fingerprint density at radius 3 is 2.50 bits per heavy atom. The SMILES string of the molecule is Cc1cc(NC(=O)C2CCN(C(=O)C3CC(=O)N(c4ccc(Cl)cc4)C3)CC2)no1. The van der Waals surface area contributed by atoms with Gasteiger partial charge in [-0.05, 0) is 44.0 Å². The average molecular weight is 431 g/mol. The van der Waals surface area contributed by atoms with Crippen molar-refractivity contribution in [3.8, 4) is 0 Å². The second-order valence-corrected chi connectivity index (χ2v) is 8.23. The fraction of sp³-hybridized carbons (Fsp3) is 0.429. The van der Waals surface area contributed by atoms with Crippen LogP contribution in [0.3, 0.4) is 0 Å². The predicted molar refractivity (Wildman–Crippen MR) is 111 cm³/mol. The smallest absolute Gasteiger partial charge is 0.228 e. The normalized spacial score (nSPS) is 19.9. The molecule has 2 aliphatic heterocycles. The number of carbonyl (C=O) groups excluding carboxylic acids is 3. The quantitative estimate of drug-likeness (QED) is 0.804. The van der Waals surface area contributed by atoms with Crippen molar-refractivity contribution in [1.82, 2.24) is 10.1 Å². The lowest BCUT2D eigenvalue weighted by Gasteiger charge is -2.32. The number of aromatic nitrogens is 1. The van der Waals surface area contributed by atoms with E-state index >= 15 is 0 Å². The van der Waals surface area contributed by atoms with Crippen molar-refractivity contribution in [3.05, 3.63) is 41.1 Å². The van der Waals surface area contributed by atoms with Crippen LogP contribution in [-0.2, 0) is 14.4 Å². The number of benzene rings is 1. The van der Waals surface area contributed by atoms with Crippen LogP contribution in [0.15, 0.2) is 34.9 Å². The third-order valence-electron chi connectivity index (χ3n) is 5.67. The molecule has 9 heteroatoms. The van der Waals surface area contributed by atoms with Crippen LogP contribution >= 0.6 is 11.6 Å². The first-order valence-corrected chi connectivity index (χ1v) is 10.4. The van der Waals surface area contributed by atoms with Gasteiger partial charge in [-0.1, -0.05) is 16.8 Å². The Kier molecular flexibility index (Phi) is 5.76.